The molecular weight excluding hydrogens is 895 g/mol. The topological polar surface area (TPSA) is 239 Å². The average Bonchev–Trinajstić information content (AvgIpc) is 3.24. The summed E-state index contributed by atoms with van der Waals surface area (Å²) >= 11 is 0. The van der Waals surface area contributed by atoms with Gasteiger partial charge in [-0.1, -0.05) is 30.3 Å². The summed E-state index contributed by atoms with van der Waals surface area (Å²) in [6, 6.07) is 26.9. The summed E-state index contributed by atoms with van der Waals surface area (Å²) < 4.78 is 31.9. The molecule has 0 bridgehead atoms. The largest absolute Gasteiger partial charge is 0.507 e. The SMILES string of the molecule is CC1=Nc2cccc(O)c2C(C)(C)O1.COc1cccc(N)c1C(C)(C)O.COc1cccc(N)c1C(C)=O.COc1cccc(NC(C)=O)c1C(C)(C)O.COc1cccc2c1C(C)(C)OC(C)=N2. The van der Waals surface area contributed by atoms with E-state index >= 15 is 0 Å². The van der Waals surface area contributed by atoms with Crippen molar-refractivity contribution < 1.29 is 53.3 Å². The van der Waals surface area contributed by atoms with Gasteiger partial charge in [0.15, 0.2) is 17.6 Å². The molecule has 2 heterocycles. The number of amides is 1. The number of Topliss-reactive ketones (excluding diaryl/α,β-unsaturated/α-hetero) is 1. The second-order valence-electron chi connectivity index (χ2n) is 18.1. The molecular formula is C54H71N5O11. The summed E-state index contributed by atoms with van der Waals surface area (Å²) in [6.45, 7) is 21.1. The summed E-state index contributed by atoms with van der Waals surface area (Å²) in [7, 11) is 6.27. The van der Waals surface area contributed by atoms with Gasteiger partial charge in [0.2, 0.25) is 5.91 Å². The molecule has 5 aromatic carbocycles. The standard InChI is InChI=1S/C12H17NO3.C12H15NO2.C11H13NO2.C10H15NO2.C9H11NO2/c1-8(14)13-9-6-5-7-10(16-4)11(9)12(2,3)15;1-8-13-9-6-5-7-10(14-4)11(9)12(2,3)15-8;1-7-12-8-5-4-6-9(13)10(8)11(2,3)14-7;1-10(2,12)9-7(11)5-4-6-8(9)13-3;1-6(11)9-7(10)4-3-5-8(9)12-2/h5-7,15H,1-4H3,(H,13,14);5-7H,1-4H3;4-6,13H,1-3H3;4-6,12H,11H2,1-3H3;3-5H,10H2,1-2H3. The van der Waals surface area contributed by atoms with Crippen molar-refractivity contribution in [2.45, 2.75) is 105 Å². The number of carbonyl (C=O) groups excluding carboxylic acids is 2. The van der Waals surface area contributed by atoms with Crippen LogP contribution < -0.4 is 35.7 Å². The molecule has 70 heavy (non-hydrogen) atoms. The van der Waals surface area contributed by atoms with Gasteiger partial charge in [-0.25, -0.2) is 9.98 Å². The van der Waals surface area contributed by atoms with E-state index in [1.54, 1.807) is 109 Å². The van der Waals surface area contributed by atoms with Gasteiger partial charge in [-0.3, -0.25) is 9.59 Å². The molecule has 0 saturated heterocycles. The monoisotopic (exact) mass is 966 g/mol. The summed E-state index contributed by atoms with van der Waals surface area (Å²) in [4.78, 5) is 30.7. The third-order valence-corrected chi connectivity index (χ3v) is 10.5. The summed E-state index contributed by atoms with van der Waals surface area (Å²) in [5.41, 5.74) is 15.1. The van der Waals surface area contributed by atoms with Gasteiger partial charge in [-0.05, 0) is 123 Å². The minimum Gasteiger partial charge on any atom is -0.507 e. The maximum absolute atomic E-state index is 11.1. The number of hydrogen-bond acceptors (Lipinski definition) is 15. The summed E-state index contributed by atoms with van der Waals surface area (Å²) in [5.74, 6) is 3.84. The first-order valence-electron chi connectivity index (χ1n) is 22.3. The number of methoxy groups -OCH3 is 4. The number of benzene rings is 5. The van der Waals surface area contributed by atoms with Crippen LogP contribution in [0.1, 0.15) is 116 Å². The Hall–Kier alpha value is -7.30. The molecule has 7 rings (SSSR count). The fourth-order valence-corrected chi connectivity index (χ4v) is 7.95. The number of ether oxygens (including phenoxy) is 6. The molecule has 0 unspecified atom stereocenters. The van der Waals surface area contributed by atoms with Crippen molar-refractivity contribution in [3.8, 4) is 28.7 Å². The number of carbonyl (C=O) groups is 2. The zero-order valence-electron chi connectivity index (χ0n) is 43.3. The third-order valence-electron chi connectivity index (χ3n) is 10.5. The fraction of sp³-hybridized carbons (Fsp3) is 0.370. The van der Waals surface area contributed by atoms with Crippen LogP contribution in [0.3, 0.4) is 0 Å². The number of nitrogens with two attached hydrogens (primary N) is 2. The van der Waals surface area contributed by atoms with E-state index < -0.39 is 16.8 Å². The normalized spacial score (nSPS) is 13.6. The number of nitrogens with zero attached hydrogens (tertiary/aromatic N) is 2. The Balaban J connectivity index is 0.000000232. The molecule has 378 valence electrons. The molecule has 16 heteroatoms. The van der Waals surface area contributed by atoms with Gasteiger partial charge in [-0.2, -0.15) is 0 Å². The molecule has 0 spiro atoms. The molecule has 16 nitrogen and oxygen atoms in total. The number of aliphatic hydroxyl groups is 2. The zero-order valence-corrected chi connectivity index (χ0v) is 43.3. The number of phenols is 1. The van der Waals surface area contributed by atoms with Crippen LogP contribution in [0.2, 0.25) is 0 Å². The van der Waals surface area contributed by atoms with Crippen LogP contribution in [-0.2, 0) is 36.7 Å². The molecule has 0 radical (unpaired) electrons. The third kappa shape index (κ3) is 14.8. The van der Waals surface area contributed by atoms with Gasteiger partial charge in [0, 0.05) is 43.3 Å². The lowest BCUT2D eigenvalue weighted by Gasteiger charge is -2.32. The van der Waals surface area contributed by atoms with E-state index in [2.05, 4.69) is 15.3 Å². The lowest BCUT2D eigenvalue weighted by Crippen LogP contribution is -2.28. The average molecular weight is 966 g/mol. The molecule has 0 saturated carbocycles. The highest BCUT2D eigenvalue weighted by molar-refractivity contribution is 6.01. The van der Waals surface area contributed by atoms with Crippen molar-refractivity contribution in [3.63, 3.8) is 0 Å². The maximum atomic E-state index is 11.1. The zero-order chi connectivity index (χ0) is 52.9. The molecule has 0 fully saturated rings. The van der Waals surface area contributed by atoms with Crippen LogP contribution in [0.5, 0.6) is 28.7 Å². The van der Waals surface area contributed by atoms with Gasteiger partial charge in [0.05, 0.1) is 73.4 Å². The minimum atomic E-state index is -1.08. The molecule has 2 aliphatic rings. The summed E-state index contributed by atoms with van der Waals surface area (Å²) in [6.07, 6.45) is 0. The molecule has 0 atom stereocenters. The highest BCUT2D eigenvalue weighted by Crippen LogP contribution is 2.44. The van der Waals surface area contributed by atoms with Crippen LogP contribution in [0.25, 0.3) is 0 Å². The van der Waals surface area contributed by atoms with Crippen molar-refractivity contribution in [1.82, 2.24) is 0 Å². The van der Waals surface area contributed by atoms with E-state index in [0.717, 1.165) is 28.3 Å². The Bertz CT molecular complexity index is 2680. The first-order chi connectivity index (χ1) is 32.5. The van der Waals surface area contributed by atoms with Crippen LogP contribution in [0.15, 0.2) is 101 Å². The van der Waals surface area contributed by atoms with E-state index in [1.807, 2.05) is 65.8 Å². The molecule has 0 aromatic heterocycles. The number of nitrogens with one attached hydrogen (secondary N) is 1. The van der Waals surface area contributed by atoms with Gasteiger partial charge >= 0.3 is 0 Å². The molecule has 1 amide bonds. The molecule has 5 aromatic rings. The first kappa shape index (κ1) is 57.0. The Morgan fingerprint density at radius 3 is 1.43 bits per heavy atom. The van der Waals surface area contributed by atoms with Gasteiger partial charge in [-0.15, -0.1) is 0 Å². The van der Waals surface area contributed by atoms with Gasteiger partial charge in [0.1, 0.15) is 39.9 Å². The number of aromatic hydroxyl groups is 1. The number of ketones is 1. The van der Waals surface area contributed by atoms with Gasteiger partial charge in [0.25, 0.3) is 0 Å². The number of rotatable bonds is 8. The van der Waals surface area contributed by atoms with Crippen molar-refractivity contribution in [2.75, 3.05) is 45.2 Å². The van der Waals surface area contributed by atoms with Crippen LogP contribution in [0, 0.1) is 0 Å². The first-order valence-corrected chi connectivity index (χ1v) is 22.3. The number of anilines is 3. The van der Waals surface area contributed by atoms with E-state index in [1.165, 1.54) is 28.1 Å². The number of aliphatic imine (C=N–C) groups is 2. The Kier molecular flexibility index (Phi) is 19.4. The van der Waals surface area contributed by atoms with E-state index in [4.69, 9.17) is 39.9 Å². The van der Waals surface area contributed by atoms with Crippen molar-refractivity contribution >= 4 is 51.9 Å². The van der Waals surface area contributed by atoms with Crippen LogP contribution in [0.4, 0.5) is 28.4 Å². The highest BCUT2D eigenvalue weighted by Gasteiger charge is 2.34. The molecule has 2 aliphatic heterocycles. The predicted octanol–water partition coefficient (Wildman–Crippen LogP) is 10.6. The second-order valence-corrected chi connectivity index (χ2v) is 18.1. The number of nitrogen functional groups attached to an aromatic ring is 2. The van der Waals surface area contributed by atoms with E-state index in [9.17, 15) is 24.9 Å². The smallest absolute Gasteiger partial charge is 0.221 e. The van der Waals surface area contributed by atoms with Crippen molar-refractivity contribution in [2.24, 2.45) is 9.98 Å². The Morgan fingerprint density at radius 2 is 0.986 bits per heavy atom. The number of hydrogen-bond donors (Lipinski definition) is 6. The lowest BCUT2D eigenvalue weighted by atomic mass is 9.94. The maximum Gasteiger partial charge on any atom is 0.221 e. The van der Waals surface area contributed by atoms with Crippen molar-refractivity contribution in [3.05, 3.63) is 119 Å². The quantitative estimate of drug-likeness (QED) is 0.0627. The Morgan fingerprint density at radius 1 is 0.586 bits per heavy atom. The molecule has 8 N–H and O–H groups in total. The summed E-state index contributed by atoms with van der Waals surface area (Å²) in [5, 5.41) is 32.3. The van der Waals surface area contributed by atoms with E-state index in [0.29, 0.717) is 62.8 Å². The highest BCUT2D eigenvalue weighted by atomic mass is 16.5. The van der Waals surface area contributed by atoms with Crippen molar-refractivity contribution in [1.29, 1.82) is 0 Å². The van der Waals surface area contributed by atoms with Crippen LogP contribution in [-0.4, -0.2) is 67.2 Å². The fourth-order valence-electron chi connectivity index (χ4n) is 7.95. The number of phenolic OH excluding ortho intramolecular Hbond substituents is 1. The number of fused-ring (bicyclic) bond motifs is 2. The predicted molar refractivity (Wildman–Crippen MR) is 277 cm³/mol. The Labute approximate surface area is 412 Å². The minimum absolute atomic E-state index is 0.0787. The van der Waals surface area contributed by atoms with Gasteiger partial charge < -0.3 is 60.5 Å². The van der Waals surface area contributed by atoms with E-state index in [-0.39, 0.29) is 23.0 Å². The second kappa shape index (κ2) is 23.8. The lowest BCUT2D eigenvalue weighted by molar-refractivity contribution is -0.114. The van der Waals surface area contributed by atoms with Crippen LogP contribution >= 0.6 is 0 Å². The molecule has 0 aliphatic carbocycles.